The van der Waals surface area contributed by atoms with Crippen LogP contribution < -0.4 is 4.74 Å². The summed E-state index contributed by atoms with van der Waals surface area (Å²) in [7, 11) is 0. The standard InChI is InChI=1S/C29H26F3NO2/c1-18-26-9-8-25(34)14-27(26)35-29(28(18)22-11-23(31)13-24(32)12-22)21-6-4-19(5-7-21)3-2-10-33-16-20(15-30)17-33/h2-9,11-14,20,29,34H,10,15-17H2,1H3/b3-2-. The molecule has 1 N–H and O–H groups in total. The number of benzene rings is 3. The number of halogens is 3. The van der Waals surface area contributed by atoms with Gasteiger partial charge in [-0.1, -0.05) is 36.4 Å². The fourth-order valence-corrected chi connectivity index (χ4v) is 4.80. The molecule has 5 rings (SSSR count). The van der Waals surface area contributed by atoms with Gasteiger partial charge in [-0.2, -0.15) is 0 Å². The molecule has 0 bridgehead atoms. The van der Waals surface area contributed by atoms with Gasteiger partial charge in [0, 0.05) is 48.8 Å². The van der Waals surface area contributed by atoms with E-state index in [1.54, 1.807) is 18.2 Å². The average Bonchev–Trinajstić information content (AvgIpc) is 2.80. The van der Waals surface area contributed by atoms with Gasteiger partial charge in [-0.3, -0.25) is 9.29 Å². The Morgan fingerprint density at radius 3 is 2.40 bits per heavy atom. The number of hydrogen-bond acceptors (Lipinski definition) is 3. The van der Waals surface area contributed by atoms with Crippen molar-refractivity contribution in [2.45, 2.75) is 13.0 Å². The van der Waals surface area contributed by atoms with Gasteiger partial charge in [0.2, 0.25) is 0 Å². The van der Waals surface area contributed by atoms with Gasteiger partial charge in [0.25, 0.3) is 0 Å². The summed E-state index contributed by atoms with van der Waals surface area (Å²) in [6.45, 7) is 4.01. The fraction of sp³-hybridized carbons (Fsp3) is 0.241. The molecule has 2 heterocycles. The van der Waals surface area contributed by atoms with E-state index in [0.29, 0.717) is 16.9 Å². The summed E-state index contributed by atoms with van der Waals surface area (Å²) in [5, 5.41) is 9.97. The van der Waals surface area contributed by atoms with Crippen LogP contribution in [0.1, 0.15) is 35.3 Å². The second kappa shape index (κ2) is 9.62. The summed E-state index contributed by atoms with van der Waals surface area (Å²) >= 11 is 0. The number of nitrogens with zero attached hydrogens (tertiary/aromatic N) is 1. The van der Waals surface area contributed by atoms with Crippen LogP contribution in [0.25, 0.3) is 17.2 Å². The second-order valence-corrected chi connectivity index (χ2v) is 9.18. The zero-order valence-corrected chi connectivity index (χ0v) is 19.3. The largest absolute Gasteiger partial charge is 0.508 e. The van der Waals surface area contributed by atoms with E-state index in [1.807, 2.05) is 37.3 Å². The van der Waals surface area contributed by atoms with E-state index in [2.05, 4.69) is 11.0 Å². The second-order valence-electron chi connectivity index (χ2n) is 9.18. The first-order valence-corrected chi connectivity index (χ1v) is 11.6. The van der Waals surface area contributed by atoms with Crippen LogP contribution in [-0.2, 0) is 0 Å². The van der Waals surface area contributed by atoms with Crippen molar-refractivity contribution >= 4 is 17.2 Å². The third-order valence-electron chi connectivity index (χ3n) is 6.62. The van der Waals surface area contributed by atoms with Crippen LogP contribution in [0, 0.1) is 17.6 Å². The number of aromatic hydroxyl groups is 1. The van der Waals surface area contributed by atoms with Gasteiger partial charge in [-0.15, -0.1) is 0 Å². The molecule has 1 atom stereocenters. The van der Waals surface area contributed by atoms with Crippen molar-refractivity contribution in [2.75, 3.05) is 26.3 Å². The Hall–Kier alpha value is -3.51. The average molecular weight is 478 g/mol. The third-order valence-corrected chi connectivity index (χ3v) is 6.62. The van der Waals surface area contributed by atoms with E-state index in [0.717, 1.165) is 48.0 Å². The molecule has 1 saturated heterocycles. The molecule has 6 heteroatoms. The molecule has 35 heavy (non-hydrogen) atoms. The van der Waals surface area contributed by atoms with Gasteiger partial charge >= 0.3 is 0 Å². The monoisotopic (exact) mass is 477 g/mol. The molecular weight excluding hydrogens is 451 g/mol. The van der Waals surface area contributed by atoms with Gasteiger partial charge in [-0.05, 0) is 53.5 Å². The first-order chi connectivity index (χ1) is 16.9. The Balaban J connectivity index is 1.45. The molecule has 2 aliphatic heterocycles. The van der Waals surface area contributed by atoms with Crippen molar-refractivity contribution in [2.24, 2.45) is 5.92 Å². The van der Waals surface area contributed by atoms with Crippen LogP contribution in [0.15, 0.2) is 66.7 Å². The lowest BCUT2D eigenvalue weighted by molar-refractivity contribution is 0.0940. The molecule has 3 aromatic carbocycles. The van der Waals surface area contributed by atoms with Crippen LogP contribution in [0.4, 0.5) is 13.2 Å². The van der Waals surface area contributed by atoms with E-state index in [9.17, 15) is 18.3 Å². The van der Waals surface area contributed by atoms with Crippen LogP contribution in [-0.4, -0.2) is 36.3 Å². The number of phenols is 1. The summed E-state index contributed by atoms with van der Waals surface area (Å²) in [4.78, 5) is 2.19. The Morgan fingerprint density at radius 2 is 1.71 bits per heavy atom. The number of fused-ring (bicyclic) bond motifs is 1. The molecule has 0 aromatic heterocycles. The van der Waals surface area contributed by atoms with Crippen molar-refractivity contribution in [1.82, 2.24) is 4.90 Å². The molecule has 0 spiro atoms. The molecule has 0 aliphatic carbocycles. The molecule has 0 amide bonds. The molecule has 3 aromatic rings. The maximum Gasteiger partial charge on any atom is 0.150 e. The fourth-order valence-electron chi connectivity index (χ4n) is 4.80. The summed E-state index contributed by atoms with van der Waals surface area (Å²) in [5.41, 5.74) is 4.50. The number of ether oxygens (including phenoxy) is 1. The molecule has 1 fully saturated rings. The Kier molecular flexibility index (Phi) is 6.39. The van der Waals surface area contributed by atoms with E-state index in [1.165, 1.54) is 12.1 Å². The first-order valence-electron chi connectivity index (χ1n) is 11.6. The Morgan fingerprint density at radius 1 is 1.00 bits per heavy atom. The van der Waals surface area contributed by atoms with Crippen LogP contribution in [0.2, 0.25) is 0 Å². The summed E-state index contributed by atoms with van der Waals surface area (Å²) < 4.78 is 47.1. The molecule has 2 aliphatic rings. The van der Waals surface area contributed by atoms with Crippen molar-refractivity contribution < 1.29 is 23.0 Å². The molecule has 1 unspecified atom stereocenters. The van der Waals surface area contributed by atoms with Crippen LogP contribution >= 0.6 is 0 Å². The first kappa shape index (κ1) is 23.2. The summed E-state index contributed by atoms with van der Waals surface area (Å²) in [6, 6.07) is 16.1. The predicted octanol–water partition coefficient (Wildman–Crippen LogP) is 6.65. The molecule has 0 saturated carbocycles. The van der Waals surface area contributed by atoms with E-state index in [-0.39, 0.29) is 18.3 Å². The van der Waals surface area contributed by atoms with E-state index in [4.69, 9.17) is 4.74 Å². The number of rotatable bonds is 6. The quantitative estimate of drug-likeness (QED) is 0.432. The minimum atomic E-state index is -0.656. The summed E-state index contributed by atoms with van der Waals surface area (Å²) in [5.74, 6) is -0.552. The highest BCUT2D eigenvalue weighted by Gasteiger charge is 2.30. The van der Waals surface area contributed by atoms with Gasteiger partial charge in [0.1, 0.15) is 29.2 Å². The topological polar surface area (TPSA) is 32.7 Å². The lowest BCUT2D eigenvalue weighted by atomic mass is 9.86. The number of alkyl halides is 1. The van der Waals surface area contributed by atoms with Gasteiger partial charge in [0.15, 0.2) is 0 Å². The maximum atomic E-state index is 14.1. The van der Waals surface area contributed by atoms with Crippen molar-refractivity contribution in [1.29, 1.82) is 0 Å². The SMILES string of the molecule is CC1=C(c2cc(F)cc(F)c2)C(c2ccc(/C=C\CN3CC(CF)C3)cc2)Oc2cc(O)ccc21. The lowest BCUT2D eigenvalue weighted by Gasteiger charge is -2.36. The zero-order valence-electron chi connectivity index (χ0n) is 19.3. The maximum absolute atomic E-state index is 14.1. The van der Waals surface area contributed by atoms with Crippen molar-refractivity contribution in [3.63, 3.8) is 0 Å². The zero-order chi connectivity index (χ0) is 24.5. The Bertz CT molecular complexity index is 1270. The highest BCUT2D eigenvalue weighted by Crippen LogP contribution is 2.47. The Labute approximate surface area is 202 Å². The van der Waals surface area contributed by atoms with Crippen LogP contribution in [0.3, 0.4) is 0 Å². The normalized spacial score (nSPS) is 18.5. The number of phenolic OH excluding ortho intramolecular Hbond substituents is 1. The molecule has 3 nitrogen and oxygen atoms in total. The molecule has 0 radical (unpaired) electrons. The lowest BCUT2D eigenvalue weighted by Crippen LogP contribution is -2.47. The van der Waals surface area contributed by atoms with Gasteiger partial charge in [-0.25, -0.2) is 8.78 Å². The smallest absolute Gasteiger partial charge is 0.150 e. The third kappa shape index (κ3) is 4.84. The number of allylic oxidation sites excluding steroid dienone is 1. The molecule has 180 valence electrons. The van der Waals surface area contributed by atoms with E-state index >= 15 is 0 Å². The van der Waals surface area contributed by atoms with Crippen LogP contribution in [0.5, 0.6) is 11.5 Å². The van der Waals surface area contributed by atoms with Crippen molar-refractivity contribution in [3.8, 4) is 11.5 Å². The minimum Gasteiger partial charge on any atom is -0.508 e. The highest BCUT2D eigenvalue weighted by molar-refractivity contribution is 5.95. The highest BCUT2D eigenvalue weighted by atomic mass is 19.1. The summed E-state index contributed by atoms with van der Waals surface area (Å²) in [6.07, 6.45) is 3.47. The predicted molar refractivity (Wildman–Crippen MR) is 132 cm³/mol. The van der Waals surface area contributed by atoms with E-state index < -0.39 is 17.7 Å². The molecular formula is C29H26F3NO2. The minimum absolute atomic E-state index is 0.0797. The van der Waals surface area contributed by atoms with Gasteiger partial charge < -0.3 is 9.84 Å². The van der Waals surface area contributed by atoms with Gasteiger partial charge in [0.05, 0.1) is 6.67 Å². The number of likely N-dealkylation sites (tertiary alicyclic amines) is 1. The van der Waals surface area contributed by atoms with Crippen molar-refractivity contribution in [3.05, 3.63) is 101 Å². The number of hydrogen-bond donors (Lipinski definition) is 1.